The van der Waals surface area contributed by atoms with Crippen LogP contribution in [0.3, 0.4) is 0 Å². The topological polar surface area (TPSA) is 46.9 Å². The van der Waals surface area contributed by atoms with Gasteiger partial charge in [0.05, 0.1) is 5.69 Å². The highest BCUT2D eigenvalue weighted by molar-refractivity contribution is 5.90. The van der Waals surface area contributed by atoms with E-state index in [0.717, 1.165) is 24.2 Å². The van der Waals surface area contributed by atoms with Gasteiger partial charge in [0.1, 0.15) is 12.4 Å². The molecule has 0 spiro atoms. The Hall–Kier alpha value is -2.17. The number of benzene rings is 1. The number of anilines is 1. The Bertz CT molecular complexity index is 590. The number of carbonyl (C=O) groups is 1. The van der Waals surface area contributed by atoms with Crippen molar-refractivity contribution >= 4 is 11.6 Å². The van der Waals surface area contributed by atoms with Gasteiger partial charge in [-0.3, -0.25) is 9.48 Å². The van der Waals surface area contributed by atoms with E-state index in [4.69, 9.17) is 0 Å². The van der Waals surface area contributed by atoms with Crippen molar-refractivity contribution in [2.45, 2.75) is 33.2 Å². The van der Waals surface area contributed by atoms with Crippen LogP contribution in [-0.2, 0) is 24.2 Å². The molecule has 0 saturated heterocycles. The first-order valence-corrected chi connectivity index (χ1v) is 6.73. The second kappa shape index (κ2) is 6.32. The maximum absolute atomic E-state index is 12.8. The summed E-state index contributed by atoms with van der Waals surface area (Å²) in [6.07, 6.45) is 1.68. The van der Waals surface area contributed by atoms with Crippen molar-refractivity contribution < 1.29 is 9.18 Å². The van der Waals surface area contributed by atoms with Crippen LogP contribution in [0.15, 0.2) is 30.3 Å². The maximum Gasteiger partial charge on any atom is 0.246 e. The number of aryl methyl sites for hydroxylation is 2. The van der Waals surface area contributed by atoms with Crippen molar-refractivity contribution in [2.75, 3.05) is 5.32 Å². The molecule has 1 amide bonds. The second-order valence-corrected chi connectivity index (χ2v) is 4.55. The summed E-state index contributed by atoms with van der Waals surface area (Å²) in [5.74, 6) is -0.493. The Morgan fingerprint density at radius 2 is 1.95 bits per heavy atom. The number of carbonyl (C=O) groups excluding carboxylic acids is 1. The Morgan fingerprint density at radius 1 is 1.25 bits per heavy atom. The van der Waals surface area contributed by atoms with Crippen LogP contribution in [0.25, 0.3) is 0 Å². The van der Waals surface area contributed by atoms with Gasteiger partial charge in [-0.25, -0.2) is 4.39 Å². The zero-order valence-corrected chi connectivity index (χ0v) is 11.7. The first-order valence-electron chi connectivity index (χ1n) is 6.73. The van der Waals surface area contributed by atoms with Gasteiger partial charge < -0.3 is 5.32 Å². The van der Waals surface area contributed by atoms with Gasteiger partial charge in [-0.05, 0) is 43.2 Å². The van der Waals surface area contributed by atoms with E-state index in [1.807, 2.05) is 19.9 Å². The summed E-state index contributed by atoms with van der Waals surface area (Å²) >= 11 is 0. The van der Waals surface area contributed by atoms with Crippen LogP contribution >= 0.6 is 0 Å². The predicted molar refractivity (Wildman–Crippen MR) is 76.0 cm³/mol. The monoisotopic (exact) mass is 275 g/mol. The molecule has 0 aliphatic heterocycles. The molecule has 4 nitrogen and oxygen atoms in total. The summed E-state index contributed by atoms with van der Waals surface area (Å²) in [5.41, 5.74) is 2.60. The van der Waals surface area contributed by atoms with Crippen LogP contribution in [0.5, 0.6) is 0 Å². The summed E-state index contributed by atoms with van der Waals surface area (Å²) in [4.78, 5) is 12.0. The van der Waals surface area contributed by atoms with E-state index in [1.165, 1.54) is 24.3 Å². The van der Waals surface area contributed by atoms with Gasteiger partial charge in [0, 0.05) is 11.4 Å². The van der Waals surface area contributed by atoms with Gasteiger partial charge in [-0.1, -0.05) is 13.8 Å². The third-order valence-electron chi connectivity index (χ3n) is 3.06. The third-order valence-corrected chi connectivity index (χ3v) is 3.06. The molecule has 1 aromatic heterocycles. The minimum absolute atomic E-state index is 0.167. The molecule has 1 heterocycles. The van der Waals surface area contributed by atoms with E-state index in [1.54, 1.807) is 4.68 Å². The highest BCUT2D eigenvalue weighted by atomic mass is 19.1. The molecule has 0 aliphatic carbocycles. The fourth-order valence-electron chi connectivity index (χ4n) is 1.98. The van der Waals surface area contributed by atoms with E-state index in [2.05, 4.69) is 10.4 Å². The van der Waals surface area contributed by atoms with Gasteiger partial charge in [-0.2, -0.15) is 5.10 Å². The molecule has 20 heavy (non-hydrogen) atoms. The largest absolute Gasteiger partial charge is 0.324 e. The fraction of sp³-hybridized carbons (Fsp3) is 0.333. The van der Waals surface area contributed by atoms with Gasteiger partial charge in [0.15, 0.2) is 0 Å². The summed E-state index contributed by atoms with van der Waals surface area (Å²) < 4.78 is 14.5. The standard InChI is InChI=1S/C15H18FN3O/c1-3-12-9-14(4-2)19(18-12)10-15(20)17-13-7-5-11(16)6-8-13/h5-9H,3-4,10H2,1-2H3,(H,17,20). The van der Waals surface area contributed by atoms with Crippen LogP contribution in [0.4, 0.5) is 10.1 Å². The van der Waals surface area contributed by atoms with Gasteiger partial charge >= 0.3 is 0 Å². The van der Waals surface area contributed by atoms with Crippen molar-refractivity contribution in [3.63, 3.8) is 0 Å². The molecule has 0 radical (unpaired) electrons. The van der Waals surface area contributed by atoms with Gasteiger partial charge in [0.2, 0.25) is 5.91 Å². The molecular weight excluding hydrogens is 257 g/mol. The summed E-state index contributed by atoms with van der Waals surface area (Å²) in [6.45, 7) is 4.23. The van der Waals surface area contributed by atoms with Crippen LogP contribution in [0.1, 0.15) is 25.2 Å². The lowest BCUT2D eigenvalue weighted by Crippen LogP contribution is -2.20. The van der Waals surface area contributed by atoms with Gasteiger partial charge in [0.25, 0.3) is 0 Å². The third kappa shape index (κ3) is 3.44. The van der Waals surface area contributed by atoms with Crippen molar-refractivity contribution in [1.29, 1.82) is 0 Å². The van der Waals surface area contributed by atoms with Crippen LogP contribution in [-0.4, -0.2) is 15.7 Å². The quantitative estimate of drug-likeness (QED) is 0.912. The van der Waals surface area contributed by atoms with Crippen molar-refractivity contribution in [2.24, 2.45) is 0 Å². The smallest absolute Gasteiger partial charge is 0.246 e. The molecule has 5 heteroatoms. The molecule has 0 aliphatic rings. The number of amides is 1. The highest BCUT2D eigenvalue weighted by Gasteiger charge is 2.09. The number of hydrogen-bond donors (Lipinski definition) is 1. The highest BCUT2D eigenvalue weighted by Crippen LogP contribution is 2.10. The molecule has 0 bridgehead atoms. The summed E-state index contributed by atoms with van der Waals surface area (Å²) in [5, 5.41) is 7.12. The zero-order valence-electron chi connectivity index (χ0n) is 11.7. The van der Waals surface area contributed by atoms with E-state index >= 15 is 0 Å². The lowest BCUT2D eigenvalue weighted by atomic mass is 10.2. The van der Waals surface area contributed by atoms with Crippen molar-refractivity contribution in [3.8, 4) is 0 Å². The molecule has 0 atom stereocenters. The number of hydrogen-bond acceptors (Lipinski definition) is 2. The number of nitrogens with one attached hydrogen (secondary N) is 1. The van der Waals surface area contributed by atoms with Crippen LogP contribution in [0, 0.1) is 5.82 Å². The van der Waals surface area contributed by atoms with Crippen LogP contribution in [0.2, 0.25) is 0 Å². The Balaban J connectivity index is 2.04. The Morgan fingerprint density at radius 3 is 2.55 bits per heavy atom. The molecule has 2 aromatic rings. The average Bonchev–Trinajstić information content (AvgIpc) is 2.83. The lowest BCUT2D eigenvalue weighted by Gasteiger charge is -2.07. The summed E-state index contributed by atoms with van der Waals surface area (Å²) in [7, 11) is 0. The molecule has 2 rings (SSSR count). The second-order valence-electron chi connectivity index (χ2n) is 4.55. The number of halogens is 1. The molecular formula is C15H18FN3O. The van der Waals surface area contributed by atoms with E-state index in [0.29, 0.717) is 5.69 Å². The van der Waals surface area contributed by atoms with Crippen LogP contribution < -0.4 is 5.32 Å². The first kappa shape index (κ1) is 14.2. The van der Waals surface area contributed by atoms with Crippen molar-refractivity contribution in [1.82, 2.24) is 9.78 Å². The molecule has 0 saturated carbocycles. The summed E-state index contributed by atoms with van der Waals surface area (Å²) in [6, 6.07) is 7.72. The SMILES string of the molecule is CCc1cc(CC)n(CC(=O)Nc2ccc(F)cc2)n1. The molecule has 0 unspecified atom stereocenters. The minimum atomic E-state index is -0.323. The zero-order chi connectivity index (χ0) is 14.5. The van der Waals surface area contributed by atoms with Gasteiger partial charge in [-0.15, -0.1) is 0 Å². The van der Waals surface area contributed by atoms with Crippen molar-refractivity contribution in [3.05, 3.63) is 47.5 Å². The molecule has 0 fully saturated rings. The van der Waals surface area contributed by atoms with E-state index in [-0.39, 0.29) is 18.3 Å². The Kier molecular flexibility index (Phi) is 4.50. The Labute approximate surface area is 117 Å². The van der Waals surface area contributed by atoms with E-state index in [9.17, 15) is 9.18 Å². The fourth-order valence-corrected chi connectivity index (χ4v) is 1.98. The predicted octanol–water partition coefficient (Wildman–Crippen LogP) is 2.79. The minimum Gasteiger partial charge on any atom is -0.324 e. The van der Waals surface area contributed by atoms with E-state index < -0.39 is 0 Å². The maximum atomic E-state index is 12.8. The molecule has 1 aromatic carbocycles. The average molecular weight is 275 g/mol. The number of nitrogens with zero attached hydrogens (tertiary/aromatic N) is 2. The molecule has 1 N–H and O–H groups in total. The lowest BCUT2D eigenvalue weighted by molar-refractivity contribution is -0.116. The first-order chi connectivity index (χ1) is 9.62. The number of rotatable bonds is 5. The normalized spacial score (nSPS) is 10.6. The number of aromatic nitrogens is 2. The molecule has 106 valence electrons.